The zero-order valence-electron chi connectivity index (χ0n) is 13.8. The van der Waals surface area contributed by atoms with Gasteiger partial charge in [0.05, 0.1) is 18.7 Å². The van der Waals surface area contributed by atoms with Crippen molar-refractivity contribution in [3.63, 3.8) is 0 Å². The molecule has 126 valence electrons. The van der Waals surface area contributed by atoms with Crippen molar-refractivity contribution in [2.45, 2.75) is 38.8 Å². The van der Waals surface area contributed by atoms with Crippen molar-refractivity contribution in [3.05, 3.63) is 34.9 Å². The van der Waals surface area contributed by atoms with Gasteiger partial charge in [-0.25, -0.2) is 0 Å². The summed E-state index contributed by atoms with van der Waals surface area (Å²) in [6, 6.07) is 7.51. The van der Waals surface area contributed by atoms with Gasteiger partial charge in [0, 0.05) is 24.9 Å². The Hall–Kier alpha value is -1.59. The van der Waals surface area contributed by atoms with Gasteiger partial charge in [0.1, 0.15) is 6.10 Å². The second-order valence-electron chi connectivity index (χ2n) is 6.40. The lowest BCUT2D eigenvalue weighted by Crippen LogP contribution is -2.56. The molecule has 2 amide bonds. The molecule has 1 atom stereocenters. The lowest BCUT2D eigenvalue weighted by molar-refractivity contribution is -0.154. The molecule has 0 aromatic heterocycles. The molecule has 1 aliphatic heterocycles. The number of amides is 2. The van der Waals surface area contributed by atoms with Crippen LogP contribution in [0, 0.1) is 0 Å². The molecule has 0 saturated carbocycles. The fourth-order valence-electron chi connectivity index (χ4n) is 2.68. The number of morpholine rings is 1. The quantitative estimate of drug-likeness (QED) is 0.917. The van der Waals surface area contributed by atoms with E-state index in [1.54, 1.807) is 0 Å². The lowest BCUT2D eigenvalue weighted by atomic mass is 9.97. The van der Waals surface area contributed by atoms with Crippen LogP contribution in [0.2, 0.25) is 5.02 Å². The van der Waals surface area contributed by atoms with E-state index in [-0.39, 0.29) is 29.9 Å². The largest absolute Gasteiger partial charge is 0.369 e. The van der Waals surface area contributed by atoms with Crippen LogP contribution >= 0.6 is 11.6 Å². The second kappa shape index (κ2) is 7.32. The zero-order chi connectivity index (χ0) is 17.0. The first kappa shape index (κ1) is 17.8. The van der Waals surface area contributed by atoms with E-state index in [1.165, 1.54) is 6.92 Å². The van der Waals surface area contributed by atoms with Crippen molar-refractivity contribution < 1.29 is 14.3 Å². The average Bonchev–Trinajstić information content (AvgIpc) is 2.46. The number of hydrogen-bond donors (Lipinski definition) is 1. The highest BCUT2D eigenvalue weighted by atomic mass is 35.5. The Kier molecular flexibility index (Phi) is 5.65. The van der Waals surface area contributed by atoms with Crippen molar-refractivity contribution in [1.82, 2.24) is 10.2 Å². The Morgan fingerprint density at radius 1 is 1.43 bits per heavy atom. The maximum Gasteiger partial charge on any atom is 0.224 e. The summed E-state index contributed by atoms with van der Waals surface area (Å²) in [5, 5.41) is 3.31. The lowest BCUT2D eigenvalue weighted by Gasteiger charge is -2.45. The molecule has 1 aromatic rings. The van der Waals surface area contributed by atoms with E-state index in [9.17, 15) is 9.59 Å². The molecule has 23 heavy (non-hydrogen) atoms. The van der Waals surface area contributed by atoms with Crippen LogP contribution in [0.1, 0.15) is 38.9 Å². The molecule has 1 fully saturated rings. The summed E-state index contributed by atoms with van der Waals surface area (Å²) < 4.78 is 5.94. The first-order valence-corrected chi connectivity index (χ1v) is 8.09. The first-order valence-electron chi connectivity index (χ1n) is 7.71. The summed E-state index contributed by atoms with van der Waals surface area (Å²) in [6.07, 6.45) is 0.0945. The van der Waals surface area contributed by atoms with Crippen LogP contribution < -0.4 is 5.32 Å². The maximum atomic E-state index is 12.5. The van der Waals surface area contributed by atoms with Gasteiger partial charge in [0.2, 0.25) is 11.8 Å². The molecular weight excluding hydrogens is 316 g/mol. The fourth-order valence-corrected chi connectivity index (χ4v) is 2.88. The fraction of sp³-hybridized carbons (Fsp3) is 0.529. The van der Waals surface area contributed by atoms with E-state index in [0.717, 1.165) is 5.56 Å². The average molecular weight is 339 g/mol. The molecule has 1 saturated heterocycles. The van der Waals surface area contributed by atoms with E-state index >= 15 is 0 Å². The molecule has 0 bridgehead atoms. The number of nitrogens with one attached hydrogen (secondary N) is 1. The summed E-state index contributed by atoms with van der Waals surface area (Å²) in [5.41, 5.74) is 0.593. The third-order valence-electron chi connectivity index (χ3n) is 3.95. The monoisotopic (exact) mass is 338 g/mol. The second-order valence-corrected chi connectivity index (χ2v) is 6.84. The SMILES string of the molecule is CC(=O)NCCC(=O)N1CC(c2cccc(Cl)c2)OCC1(C)C. The van der Waals surface area contributed by atoms with E-state index < -0.39 is 0 Å². The van der Waals surface area contributed by atoms with Crippen LogP contribution in [0.25, 0.3) is 0 Å². The summed E-state index contributed by atoms with van der Waals surface area (Å²) in [5.74, 6) is -0.116. The molecular formula is C17H23ClN2O3. The Morgan fingerprint density at radius 2 is 2.17 bits per heavy atom. The third-order valence-corrected chi connectivity index (χ3v) is 4.19. The van der Waals surface area contributed by atoms with Gasteiger partial charge in [-0.3, -0.25) is 9.59 Å². The number of carbonyl (C=O) groups is 2. The highest BCUT2D eigenvalue weighted by Crippen LogP contribution is 2.31. The number of rotatable bonds is 4. The Labute approximate surface area is 141 Å². The minimum Gasteiger partial charge on any atom is -0.369 e. The third kappa shape index (κ3) is 4.69. The van der Waals surface area contributed by atoms with Crippen LogP contribution in [-0.2, 0) is 14.3 Å². The van der Waals surface area contributed by atoms with Gasteiger partial charge in [-0.1, -0.05) is 23.7 Å². The Morgan fingerprint density at radius 3 is 2.83 bits per heavy atom. The number of carbonyl (C=O) groups excluding carboxylic acids is 2. The minimum absolute atomic E-state index is 0.0130. The van der Waals surface area contributed by atoms with Crippen LogP contribution in [0.15, 0.2) is 24.3 Å². The van der Waals surface area contributed by atoms with E-state index in [0.29, 0.717) is 24.7 Å². The number of halogens is 1. The Bertz CT molecular complexity index is 589. The van der Waals surface area contributed by atoms with Gasteiger partial charge in [0.15, 0.2) is 0 Å². The zero-order valence-corrected chi connectivity index (χ0v) is 14.5. The highest BCUT2D eigenvalue weighted by molar-refractivity contribution is 6.30. The van der Waals surface area contributed by atoms with Gasteiger partial charge in [-0.05, 0) is 31.5 Å². The van der Waals surface area contributed by atoms with Crippen molar-refractivity contribution >= 4 is 23.4 Å². The molecule has 2 rings (SSSR count). The first-order chi connectivity index (χ1) is 10.8. The molecule has 0 spiro atoms. The normalized spacial score (nSPS) is 20.2. The number of hydrogen-bond acceptors (Lipinski definition) is 3. The minimum atomic E-state index is -0.373. The predicted octanol–water partition coefficient (Wildman–Crippen LogP) is 2.54. The smallest absolute Gasteiger partial charge is 0.224 e. The molecule has 1 heterocycles. The summed E-state index contributed by atoms with van der Waals surface area (Å²) in [4.78, 5) is 25.3. The number of ether oxygens (including phenoxy) is 1. The van der Waals surface area contributed by atoms with Crippen molar-refractivity contribution in [2.75, 3.05) is 19.7 Å². The molecule has 6 heteroatoms. The summed E-state index contributed by atoms with van der Waals surface area (Å²) in [7, 11) is 0. The van der Waals surface area contributed by atoms with E-state index in [2.05, 4.69) is 5.32 Å². The van der Waals surface area contributed by atoms with E-state index in [1.807, 2.05) is 43.0 Å². The molecule has 0 aliphatic carbocycles. The summed E-state index contributed by atoms with van der Waals surface area (Å²) >= 11 is 6.04. The predicted molar refractivity (Wildman–Crippen MR) is 89.2 cm³/mol. The van der Waals surface area contributed by atoms with Crippen molar-refractivity contribution in [3.8, 4) is 0 Å². The van der Waals surface area contributed by atoms with Crippen LogP contribution in [0.5, 0.6) is 0 Å². The molecule has 0 radical (unpaired) electrons. The molecule has 1 unspecified atom stereocenters. The van der Waals surface area contributed by atoms with Crippen LogP contribution in [-0.4, -0.2) is 41.9 Å². The molecule has 1 aliphatic rings. The van der Waals surface area contributed by atoms with Gasteiger partial charge >= 0.3 is 0 Å². The highest BCUT2D eigenvalue weighted by Gasteiger charge is 2.38. The topological polar surface area (TPSA) is 58.6 Å². The summed E-state index contributed by atoms with van der Waals surface area (Å²) in [6.45, 7) is 6.69. The van der Waals surface area contributed by atoms with Gasteiger partial charge < -0.3 is 15.0 Å². The van der Waals surface area contributed by atoms with Crippen LogP contribution in [0.4, 0.5) is 0 Å². The number of benzene rings is 1. The van der Waals surface area contributed by atoms with Gasteiger partial charge in [-0.15, -0.1) is 0 Å². The van der Waals surface area contributed by atoms with E-state index in [4.69, 9.17) is 16.3 Å². The van der Waals surface area contributed by atoms with Crippen LogP contribution in [0.3, 0.4) is 0 Å². The Balaban J connectivity index is 2.06. The van der Waals surface area contributed by atoms with Gasteiger partial charge in [0.25, 0.3) is 0 Å². The van der Waals surface area contributed by atoms with Crippen molar-refractivity contribution in [1.29, 1.82) is 0 Å². The molecule has 1 aromatic carbocycles. The maximum absolute atomic E-state index is 12.5. The number of nitrogens with zero attached hydrogens (tertiary/aromatic N) is 1. The molecule has 5 nitrogen and oxygen atoms in total. The molecule has 1 N–H and O–H groups in total. The standard InChI is InChI=1S/C17H23ClN2O3/c1-12(21)19-8-7-16(22)20-10-15(23-11-17(20,2)3)13-5-4-6-14(18)9-13/h4-6,9,15H,7-8,10-11H2,1-3H3,(H,19,21). The van der Waals surface area contributed by atoms with Crippen molar-refractivity contribution in [2.24, 2.45) is 0 Å². The van der Waals surface area contributed by atoms with Gasteiger partial charge in [-0.2, -0.15) is 0 Å².